The molecular weight excluding hydrogens is 961 g/mol. The Morgan fingerprint density at radius 2 is 0.333 bits per heavy atom. The van der Waals surface area contributed by atoms with E-state index in [1.807, 2.05) is 146 Å². The van der Waals surface area contributed by atoms with E-state index in [-0.39, 0.29) is 0 Å². The molecule has 16 rings (SSSR count). The van der Waals surface area contributed by atoms with E-state index in [0.29, 0.717) is 67.3 Å². The summed E-state index contributed by atoms with van der Waals surface area (Å²) >= 11 is 0. The molecule has 9 aromatic heterocycles. The summed E-state index contributed by atoms with van der Waals surface area (Å²) in [5, 5.41) is 5.74. The van der Waals surface area contributed by atoms with Crippen LogP contribution < -0.4 is 0 Å². The molecule has 9 heterocycles. The molecule has 0 radical (unpaired) electrons. The van der Waals surface area contributed by atoms with Crippen molar-refractivity contribution >= 4 is 98.5 Å². The highest BCUT2D eigenvalue weighted by atomic mass is 15.0. The van der Waals surface area contributed by atoms with Crippen molar-refractivity contribution in [2.24, 2.45) is 0 Å². The Morgan fingerprint density at radius 1 is 0.179 bits per heavy atom. The maximum atomic E-state index is 5.72. The maximum absolute atomic E-state index is 5.72. The molecule has 0 aliphatic carbocycles. The summed E-state index contributed by atoms with van der Waals surface area (Å²) in [7, 11) is 0. The predicted molar refractivity (Wildman–Crippen MR) is 310 cm³/mol. The molecule has 0 atom stereocenters. The average Bonchev–Trinajstić information content (AvgIpc) is 3.53. The molecule has 0 spiro atoms. The molecule has 7 aromatic carbocycles. The minimum absolute atomic E-state index is 0.473. The lowest BCUT2D eigenvalue weighted by Gasteiger charge is -2.17. The summed E-state index contributed by atoms with van der Waals surface area (Å²) in [6.07, 6.45) is 11.1. The number of nitrogens with zero attached hydrogens (tertiary/aromatic N) is 12. The van der Waals surface area contributed by atoms with Gasteiger partial charge in [0.2, 0.25) is 0 Å². The van der Waals surface area contributed by atoms with Crippen molar-refractivity contribution in [3.8, 4) is 67.5 Å². The van der Waals surface area contributed by atoms with E-state index >= 15 is 0 Å². The highest BCUT2D eigenvalue weighted by Gasteiger charge is 2.27. The largest absolute Gasteiger partial charge is 0.256 e. The van der Waals surface area contributed by atoms with Gasteiger partial charge in [0.1, 0.15) is 33.1 Å². The van der Waals surface area contributed by atoms with Crippen LogP contribution in [0.3, 0.4) is 0 Å². The zero-order chi connectivity index (χ0) is 51.3. The third kappa shape index (κ3) is 7.15. The number of hydrogen-bond acceptors (Lipinski definition) is 12. The topological polar surface area (TPSA) is 155 Å². The average molecular weight is 997 g/mol. The number of aromatic nitrogens is 12. The summed E-state index contributed by atoms with van der Waals surface area (Å²) in [4.78, 5) is 64.0. The fourth-order valence-electron chi connectivity index (χ4n) is 10.7. The van der Waals surface area contributed by atoms with Crippen LogP contribution in [0.1, 0.15) is 0 Å². The van der Waals surface area contributed by atoms with E-state index in [2.05, 4.69) is 72.8 Å². The predicted octanol–water partition coefficient (Wildman–Crippen LogP) is 14.8. The molecule has 0 saturated carbocycles. The minimum atomic E-state index is 0.473. The number of rotatable bonds is 6. The van der Waals surface area contributed by atoms with Gasteiger partial charge in [-0.15, -0.1) is 0 Å². The van der Waals surface area contributed by atoms with Crippen molar-refractivity contribution in [3.63, 3.8) is 0 Å². The third-order valence-electron chi connectivity index (χ3n) is 14.5. The molecule has 12 nitrogen and oxygen atoms in total. The van der Waals surface area contributed by atoms with Crippen molar-refractivity contribution in [2.45, 2.75) is 0 Å². The standard InChI is InChI=1S/C66H36N12/c1-7-19-49-37(13-1)25-43(31-67-49)55-56(44-26-38-14-2-8-20-50(38)68-32-44)74-62-61(73-55)63-65(77-58(46-28-40-16-4-10-22-52(40)70-34-46)57(75-63)45-27-39-15-3-9-21-51(39)69-33-45)66-64(62)76-59(47-29-41-17-5-11-23-53(41)71-35-47)60(78-66)48-30-42-18-6-12-24-54(42)72-36-48/h1-36H. The van der Waals surface area contributed by atoms with Gasteiger partial charge in [0, 0.05) is 103 Å². The van der Waals surface area contributed by atoms with Gasteiger partial charge < -0.3 is 0 Å². The van der Waals surface area contributed by atoms with Crippen LogP contribution in [0.4, 0.5) is 0 Å². The summed E-state index contributed by atoms with van der Waals surface area (Å²) in [6.45, 7) is 0. The number of para-hydroxylation sites is 6. The molecule has 0 unspecified atom stereocenters. The van der Waals surface area contributed by atoms with Crippen molar-refractivity contribution in [1.29, 1.82) is 0 Å². The van der Waals surface area contributed by atoms with Crippen LogP contribution in [-0.2, 0) is 0 Å². The molecule has 0 saturated heterocycles. The van der Waals surface area contributed by atoms with Gasteiger partial charge in [-0.05, 0) is 72.8 Å². The first kappa shape index (κ1) is 43.4. The lowest BCUT2D eigenvalue weighted by Crippen LogP contribution is -2.05. The van der Waals surface area contributed by atoms with Crippen LogP contribution in [0.15, 0.2) is 219 Å². The van der Waals surface area contributed by atoms with Gasteiger partial charge in [0.05, 0.1) is 67.3 Å². The third-order valence-corrected chi connectivity index (χ3v) is 14.5. The molecule has 0 bridgehead atoms. The molecular formula is C66H36N12. The van der Waals surface area contributed by atoms with E-state index < -0.39 is 0 Å². The Morgan fingerprint density at radius 3 is 0.500 bits per heavy atom. The monoisotopic (exact) mass is 996 g/mol. The van der Waals surface area contributed by atoms with Crippen molar-refractivity contribution < 1.29 is 0 Å². The van der Waals surface area contributed by atoms with Gasteiger partial charge in [-0.1, -0.05) is 109 Å². The molecule has 12 heteroatoms. The fourth-order valence-corrected chi connectivity index (χ4v) is 10.7. The zero-order valence-electron chi connectivity index (χ0n) is 41.2. The smallest absolute Gasteiger partial charge is 0.120 e. The van der Waals surface area contributed by atoms with E-state index in [4.69, 9.17) is 59.8 Å². The number of fused-ring (bicyclic) bond motifs is 12. The van der Waals surface area contributed by atoms with Crippen LogP contribution in [-0.4, -0.2) is 59.8 Å². The Labute approximate surface area is 443 Å². The first-order chi connectivity index (χ1) is 38.6. The maximum Gasteiger partial charge on any atom is 0.120 e. The molecule has 0 fully saturated rings. The summed E-state index contributed by atoms with van der Waals surface area (Å²) in [5.74, 6) is 0. The fraction of sp³-hybridized carbons (Fsp3) is 0. The molecule has 16 aromatic rings. The summed E-state index contributed by atoms with van der Waals surface area (Å²) < 4.78 is 0. The van der Waals surface area contributed by atoms with Gasteiger partial charge in [-0.3, -0.25) is 29.9 Å². The molecule has 78 heavy (non-hydrogen) atoms. The first-order valence-corrected chi connectivity index (χ1v) is 25.5. The second-order valence-corrected chi connectivity index (χ2v) is 19.4. The van der Waals surface area contributed by atoms with Crippen molar-refractivity contribution in [1.82, 2.24) is 59.8 Å². The minimum Gasteiger partial charge on any atom is -0.256 e. The zero-order valence-corrected chi connectivity index (χ0v) is 41.2. The highest BCUT2D eigenvalue weighted by molar-refractivity contribution is 6.20. The van der Waals surface area contributed by atoms with Gasteiger partial charge >= 0.3 is 0 Å². The van der Waals surface area contributed by atoms with E-state index in [1.165, 1.54) is 0 Å². The Kier molecular flexibility index (Phi) is 9.63. The second kappa shape index (κ2) is 17.3. The summed E-state index contributed by atoms with van der Waals surface area (Å²) in [6, 6.07) is 61.0. The van der Waals surface area contributed by atoms with Crippen molar-refractivity contribution in [3.05, 3.63) is 219 Å². The lowest BCUT2D eigenvalue weighted by atomic mass is 10.0. The van der Waals surface area contributed by atoms with Gasteiger partial charge in [-0.2, -0.15) is 0 Å². The van der Waals surface area contributed by atoms with Gasteiger partial charge in [-0.25, -0.2) is 29.9 Å². The van der Waals surface area contributed by atoms with Crippen LogP contribution in [0, 0.1) is 0 Å². The molecule has 0 aliphatic heterocycles. The first-order valence-electron chi connectivity index (χ1n) is 25.5. The molecule has 0 N–H and O–H groups in total. The van der Waals surface area contributed by atoms with Crippen LogP contribution >= 0.6 is 0 Å². The quantitative estimate of drug-likeness (QED) is 0.146. The number of benzene rings is 7. The van der Waals surface area contributed by atoms with Gasteiger partial charge in [0.25, 0.3) is 0 Å². The van der Waals surface area contributed by atoms with E-state index in [0.717, 1.165) is 98.8 Å². The SMILES string of the molecule is c1ccc2ncc(-c3nc4c5nc(-c6cnc7ccccc7c6)c(-c6cnc7ccccc7c6)nc5c5nc(-c6cnc7ccccc7c6)c(-c6cnc7ccccc7c6)nc5c4nc3-c3cnc4ccccc4c3)cc2c1. The van der Waals surface area contributed by atoms with Crippen molar-refractivity contribution in [2.75, 3.05) is 0 Å². The van der Waals surface area contributed by atoms with E-state index in [9.17, 15) is 0 Å². The van der Waals surface area contributed by atoms with Crippen LogP contribution in [0.5, 0.6) is 0 Å². The van der Waals surface area contributed by atoms with Crippen LogP contribution in [0.2, 0.25) is 0 Å². The lowest BCUT2D eigenvalue weighted by molar-refractivity contribution is 1.23. The number of pyridine rings is 6. The second-order valence-electron chi connectivity index (χ2n) is 19.4. The normalized spacial score (nSPS) is 11.8. The Hall–Kier alpha value is -11.0. The number of hydrogen-bond donors (Lipinski definition) is 0. The van der Waals surface area contributed by atoms with Gasteiger partial charge in [0.15, 0.2) is 0 Å². The molecule has 0 aliphatic rings. The Balaban J connectivity index is 1.09. The molecule has 360 valence electrons. The van der Waals surface area contributed by atoms with E-state index in [1.54, 1.807) is 0 Å². The Bertz CT molecular complexity index is 4330. The molecule has 0 amide bonds. The summed E-state index contributed by atoms with van der Waals surface area (Å²) in [5.41, 5.74) is 16.1. The van der Waals surface area contributed by atoms with Crippen LogP contribution in [0.25, 0.3) is 166 Å². The highest BCUT2D eigenvalue weighted by Crippen LogP contribution is 2.43.